The van der Waals surface area contributed by atoms with Crippen molar-refractivity contribution in [1.29, 1.82) is 0 Å². The van der Waals surface area contributed by atoms with Gasteiger partial charge in [0, 0.05) is 5.56 Å². The number of rotatable bonds is 5. The van der Waals surface area contributed by atoms with E-state index in [0.29, 0.717) is 12.1 Å². The molecule has 2 aromatic carbocycles. The Morgan fingerprint density at radius 2 is 1.70 bits per heavy atom. The maximum atomic E-state index is 14.2. The summed E-state index contributed by atoms with van der Waals surface area (Å²) in [4.78, 5) is -1.40. The van der Waals surface area contributed by atoms with Crippen LogP contribution < -0.4 is 9.88 Å². The standard InChI is InChI=1S/C17H10F6N2O4S/c18-7-13-14(9-5-11(19)16(12(20)6-9)30(24,26)27)15(25-29-13)8-2-1-3-10(4-8)28-17(21,22)23/h1-6H,7H2,(H2,24,26,27). The molecule has 13 heteroatoms. The molecular formula is C17H10F6N2O4S. The highest BCUT2D eigenvalue weighted by molar-refractivity contribution is 7.89. The molecule has 1 heterocycles. The Morgan fingerprint density at radius 3 is 2.23 bits per heavy atom. The summed E-state index contributed by atoms with van der Waals surface area (Å²) in [6.45, 7) is -1.28. The number of halogens is 6. The maximum Gasteiger partial charge on any atom is 0.573 e. The Morgan fingerprint density at radius 1 is 1.07 bits per heavy atom. The van der Waals surface area contributed by atoms with Crippen LogP contribution in [0.2, 0.25) is 0 Å². The minimum Gasteiger partial charge on any atom is -0.406 e. The van der Waals surface area contributed by atoms with Crippen LogP contribution in [0.3, 0.4) is 0 Å². The Kier molecular flexibility index (Phi) is 5.52. The quantitative estimate of drug-likeness (QED) is 0.583. The van der Waals surface area contributed by atoms with Gasteiger partial charge in [-0.25, -0.2) is 26.7 Å². The van der Waals surface area contributed by atoms with Gasteiger partial charge in [0.2, 0.25) is 10.0 Å². The fourth-order valence-corrected chi connectivity index (χ4v) is 3.39. The van der Waals surface area contributed by atoms with Gasteiger partial charge in [0.15, 0.2) is 17.3 Å². The molecule has 0 fully saturated rings. The van der Waals surface area contributed by atoms with Gasteiger partial charge in [0.25, 0.3) is 0 Å². The van der Waals surface area contributed by atoms with Gasteiger partial charge in [0.05, 0.1) is 5.56 Å². The summed E-state index contributed by atoms with van der Waals surface area (Å²) >= 11 is 0. The van der Waals surface area contributed by atoms with Crippen molar-refractivity contribution in [2.75, 3.05) is 0 Å². The van der Waals surface area contributed by atoms with Gasteiger partial charge >= 0.3 is 6.36 Å². The van der Waals surface area contributed by atoms with Crippen LogP contribution in [0.25, 0.3) is 22.4 Å². The summed E-state index contributed by atoms with van der Waals surface area (Å²) in [5.74, 6) is -4.23. The van der Waals surface area contributed by atoms with E-state index < -0.39 is 51.1 Å². The normalized spacial score (nSPS) is 12.2. The second kappa shape index (κ2) is 7.65. The molecule has 0 aliphatic heterocycles. The molecule has 0 unspecified atom stereocenters. The zero-order valence-corrected chi connectivity index (χ0v) is 15.3. The molecule has 0 saturated heterocycles. The molecule has 0 radical (unpaired) electrons. The lowest BCUT2D eigenvalue weighted by atomic mass is 9.99. The summed E-state index contributed by atoms with van der Waals surface area (Å²) in [6.07, 6.45) is -4.98. The highest BCUT2D eigenvalue weighted by Gasteiger charge is 2.31. The molecule has 0 amide bonds. The maximum absolute atomic E-state index is 14.2. The minimum absolute atomic E-state index is 0.0495. The topological polar surface area (TPSA) is 95.4 Å². The molecule has 0 bridgehead atoms. The first kappa shape index (κ1) is 21.6. The van der Waals surface area contributed by atoms with E-state index in [0.717, 1.165) is 12.1 Å². The van der Waals surface area contributed by atoms with E-state index in [2.05, 4.69) is 9.89 Å². The molecule has 3 aromatic rings. The van der Waals surface area contributed by atoms with Crippen molar-refractivity contribution in [2.45, 2.75) is 17.9 Å². The average Bonchev–Trinajstić information content (AvgIpc) is 3.02. The number of nitrogens with zero attached hydrogens (tertiary/aromatic N) is 1. The van der Waals surface area contributed by atoms with Crippen LogP contribution in [0.5, 0.6) is 5.75 Å². The third-order valence-corrected chi connectivity index (χ3v) is 4.76. The number of primary sulfonamides is 1. The van der Waals surface area contributed by atoms with E-state index in [-0.39, 0.29) is 22.4 Å². The lowest BCUT2D eigenvalue weighted by molar-refractivity contribution is -0.274. The molecular weight excluding hydrogens is 442 g/mol. The van der Waals surface area contributed by atoms with E-state index in [1.165, 1.54) is 12.1 Å². The molecule has 160 valence electrons. The highest BCUT2D eigenvalue weighted by atomic mass is 32.2. The SMILES string of the molecule is NS(=O)(=O)c1c(F)cc(-c2c(-c3cccc(OC(F)(F)F)c3)noc2CF)cc1F. The van der Waals surface area contributed by atoms with Crippen LogP contribution in [-0.2, 0) is 16.7 Å². The molecule has 6 nitrogen and oxygen atoms in total. The Labute approximate surface area is 164 Å². The first-order chi connectivity index (χ1) is 13.9. The van der Waals surface area contributed by atoms with Crippen molar-refractivity contribution in [2.24, 2.45) is 5.14 Å². The number of hydrogen-bond acceptors (Lipinski definition) is 5. The molecule has 0 aliphatic rings. The Hall–Kier alpha value is -3.06. The van der Waals surface area contributed by atoms with Gasteiger partial charge in [-0.3, -0.25) is 0 Å². The van der Waals surface area contributed by atoms with E-state index in [9.17, 15) is 34.8 Å². The van der Waals surface area contributed by atoms with Crippen LogP contribution in [0.1, 0.15) is 5.76 Å². The summed E-state index contributed by atoms with van der Waals surface area (Å²) in [6, 6.07) is 5.48. The first-order valence-electron chi connectivity index (χ1n) is 7.83. The smallest absolute Gasteiger partial charge is 0.406 e. The van der Waals surface area contributed by atoms with Gasteiger partial charge < -0.3 is 9.26 Å². The van der Waals surface area contributed by atoms with Gasteiger partial charge in [-0.2, -0.15) is 0 Å². The average molecular weight is 452 g/mol. The van der Waals surface area contributed by atoms with Crippen molar-refractivity contribution in [3.63, 3.8) is 0 Å². The largest absolute Gasteiger partial charge is 0.573 e. The third-order valence-electron chi connectivity index (χ3n) is 3.80. The van der Waals surface area contributed by atoms with Gasteiger partial charge in [-0.05, 0) is 29.8 Å². The Balaban J connectivity index is 2.18. The number of nitrogens with two attached hydrogens (primary N) is 1. The monoisotopic (exact) mass is 452 g/mol. The minimum atomic E-state index is -4.98. The number of benzene rings is 2. The van der Waals surface area contributed by atoms with E-state index >= 15 is 0 Å². The lowest BCUT2D eigenvalue weighted by Gasteiger charge is -2.10. The van der Waals surface area contributed by atoms with Crippen molar-refractivity contribution >= 4 is 10.0 Å². The highest BCUT2D eigenvalue weighted by Crippen LogP contribution is 2.38. The van der Waals surface area contributed by atoms with E-state index in [1.807, 2.05) is 0 Å². The predicted octanol–water partition coefficient (Wildman–Crippen LogP) is 4.30. The van der Waals surface area contributed by atoms with E-state index in [4.69, 9.17) is 9.66 Å². The summed E-state index contributed by atoms with van der Waals surface area (Å²) in [5, 5.41) is 8.33. The van der Waals surface area contributed by atoms with Gasteiger partial charge in [-0.1, -0.05) is 17.3 Å². The van der Waals surface area contributed by atoms with Crippen LogP contribution in [0.4, 0.5) is 26.3 Å². The molecule has 2 N–H and O–H groups in total. The molecule has 0 aliphatic carbocycles. The van der Waals surface area contributed by atoms with E-state index in [1.54, 1.807) is 0 Å². The van der Waals surface area contributed by atoms with Crippen LogP contribution in [0.15, 0.2) is 45.8 Å². The molecule has 30 heavy (non-hydrogen) atoms. The number of hydrogen-bond donors (Lipinski definition) is 1. The number of sulfonamides is 1. The van der Waals surface area contributed by atoms with Crippen LogP contribution in [0, 0.1) is 11.6 Å². The number of aromatic nitrogens is 1. The molecule has 0 saturated carbocycles. The molecule has 1 aromatic heterocycles. The number of alkyl halides is 4. The van der Waals surface area contributed by atoms with Gasteiger partial charge in [-0.15, -0.1) is 13.2 Å². The third kappa shape index (κ3) is 4.41. The summed E-state index contributed by atoms with van der Waals surface area (Å²) < 4.78 is 110. The summed E-state index contributed by atoms with van der Waals surface area (Å²) in [7, 11) is -4.74. The fourth-order valence-electron chi connectivity index (χ4n) is 2.73. The first-order valence-corrected chi connectivity index (χ1v) is 9.38. The Bertz CT molecular complexity index is 1180. The van der Waals surface area contributed by atoms with Gasteiger partial charge in [0.1, 0.15) is 23.1 Å². The summed E-state index contributed by atoms with van der Waals surface area (Å²) in [5.41, 5.74) is -0.965. The lowest BCUT2D eigenvalue weighted by Crippen LogP contribution is -2.17. The zero-order chi connectivity index (χ0) is 22.3. The zero-order valence-electron chi connectivity index (χ0n) is 14.5. The van der Waals surface area contributed by atoms with Crippen LogP contribution >= 0.6 is 0 Å². The van der Waals surface area contributed by atoms with Crippen molar-refractivity contribution < 1.29 is 44.0 Å². The fraction of sp³-hybridized carbons (Fsp3) is 0.118. The molecule has 0 spiro atoms. The van der Waals surface area contributed by atoms with Crippen LogP contribution in [-0.4, -0.2) is 19.9 Å². The van der Waals surface area contributed by atoms with Crippen molar-refractivity contribution in [3.05, 3.63) is 53.8 Å². The second-order valence-electron chi connectivity index (χ2n) is 5.85. The second-order valence-corrected chi connectivity index (χ2v) is 7.35. The number of ether oxygens (including phenoxy) is 1. The predicted molar refractivity (Wildman–Crippen MR) is 90.2 cm³/mol. The van der Waals surface area contributed by atoms with Crippen molar-refractivity contribution in [3.8, 4) is 28.1 Å². The molecule has 0 atom stereocenters. The molecule has 3 rings (SSSR count). The van der Waals surface area contributed by atoms with Crippen molar-refractivity contribution in [1.82, 2.24) is 5.16 Å².